The van der Waals surface area contributed by atoms with Crippen molar-refractivity contribution in [3.05, 3.63) is 27.4 Å². The Hall–Kier alpha value is -1.20. The lowest BCUT2D eigenvalue weighted by atomic mass is 10.1. The van der Waals surface area contributed by atoms with Gasteiger partial charge in [-0.15, -0.1) is 0 Å². The van der Waals surface area contributed by atoms with Gasteiger partial charge in [-0.05, 0) is 19.9 Å². The molecule has 5 heteroatoms. The maximum Gasteiger partial charge on any atom is 0.254 e. The molecule has 88 valence electrons. The van der Waals surface area contributed by atoms with E-state index in [0.29, 0.717) is 26.2 Å². The van der Waals surface area contributed by atoms with Crippen LogP contribution in [0.1, 0.15) is 24.0 Å². The fourth-order valence-corrected chi connectivity index (χ4v) is 1.85. The maximum atomic E-state index is 11.8. The van der Waals surface area contributed by atoms with Crippen molar-refractivity contribution in [1.29, 1.82) is 0 Å². The molecule has 0 atom stereocenters. The average molecular weight is 223 g/mol. The molecule has 0 spiro atoms. The van der Waals surface area contributed by atoms with Gasteiger partial charge in [0.2, 0.25) is 0 Å². The normalized spacial score (nSPS) is 14.8. The molecule has 2 heterocycles. The van der Waals surface area contributed by atoms with Crippen molar-refractivity contribution in [3.63, 3.8) is 0 Å². The lowest BCUT2D eigenvalue weighted by Gasteiger charge is -2.15. The number of aromatic nitrogens is 2. The van der Waals surface area contributed by atoms with Crippen LogP contribution in [-0.4, -0.2) is 29.7 Å². The van der Waals surface area contributed by atoms with E-state index in [-0.39, 0.29) is 5.56 Å². The van der Waals surface area contributed by atoms with Crippen LogP contribution in [0.25, 0.3) is 0 Å². The number of hydrogen-bond acceptors (Lipinski definition) is 4. The molecule has 1 aromatic heterocycles. The van der Waals surface area contributed by atoms with Crippen LogP contribution in [0, 0.1) is 0 Å². The van der Waals surface area contributed by atoms with Crippen molar-refractivity contribution in [1.82, 2.24) is 15.3 Å². The van der Waals surface area contributed by atoms with Crippen LogP contribution in [0.2, 0.25) is 0 Å². The highest BCUT2D eigenvalue weighted by atomic mass is 16.5. The molecule has 2 rings (SSSR count). The third-order valence-electron chi connectivity index (χ3n) is 2.68. The molecule has 1 aliphatic heterocycles. The molecule has 0 bridgehead atoms. The Morgan fingerprint density at radius 3 is 3.19 bits per heavy atom. The predicted molar refractivity (Wildman–Crippen MR) is 60.5 cm³/mol. The monoisotopic (exact) mass is 223 g/mol. The highest BCUT2D eigenvalue weighted by molar-refractivity contribution is 5.20. The van der Waals surface area contributed by atoms with E-state index >= 15 is 0 Å². The zero-order valence-corrected chi connectivity index (χ0v) is 9.51. The van der Waals surface area contributed by atoms with Crippen molar-refractivity contribution < 1.29 is 4.74 Å². The summed E-state index contributed by atoms with van der Waals surface area (Å²) in [6.07, 6.45) is 1.43. The van der Waals surface area contributed by atoms with Gasteiger partial charge in [0, 0.05) is 25.1 Å². The van der Waals surface area contributed by atoms with Crippen LogP contribution in [0.4, 0.5) is 0 Å². The molecule has 0 radical (unpaired) electrons. The van der Waals surface area contributed by atoms with Crippen molar-refractivity contribution in [2.45, 2.75) is 26.3 Å². The summed E-state index contributed by atoms with van der Waals surface area (Å²) in [7, 11) is 0. The average Bonchev–Trinajstić information content (AvgIpc) is 2.30. The predicted octanol–water partition coefficient (Wildman–Crippen LogP) is -0.00540. The molecule has 0 aromatic carbocycles. The van der Waals surface area contributed by atoms with E-state index in [1.165, 1.54) is 0 Å². The van der Waals surface area contributed by atoms with E-state index in [1.807, 2.05) is 6.92 Å². The molecule has 1 aliphatic rings. The largest absolute Gasteiger partial charge is 0.381 e. The lowest BCUT2D eigenvalue weighted by molar-refractivity contribution is 0.149. The van der Waals surface area contributed by atoms with Gasteiger partial charge in [0.25, 0.3) is 5.56 Å². The van der Waals surface area contributed by atoms with Crippen molar-refractivity contribution in [2.24, 2.45) is 0 Å². The minimum atomic E-state index is 0.0120. The van der Waals surface area contributed by atoms with Crippen LogP contribution in [-0.2, 0) is 24.1 Å². The minimum absolute atomic E-state index is 0.0120. The fraction of sp³-hybridized carbons (Fsp3) is 0.636. The highest BCUT2D eigenvalue weighted by Crippen LogP contribution is 2.06. The van der Waals surface area contributed by atoms with Crippen molar-refractivity contribution in [3.8, 4) is 0 Å². The van der Waals surface area contributed by atoms with Crippen LogP contribution >= 0.6 is 0 Å². The number of hydrogen-bond donors (Lipinski definition) is 2. The second-order valence-corrected chi connectivity index (χ2v) is 3.81. The van der Waals surface area contributed by atoms with Crippen LogP contribution in [0.3, 0.4) is 0 Å². The van der Waals surface area contributed by atoms with Crippen LogP contribution in [0.15, 0.2) is 4.79 Å². The van der Waals surface area contributed by atoms with Crippen LogP contribution in [0.5, 0.6) is 0 Å². The first-order valence-corrected chi connectivity index (χ1v) is 5.70. The van der Waals surface area contributed by atoms with E-state index in [4.69, 9.17) is 4.74 Å². The fourth-order valence-electron chi connectivity index (χ4n) is 1.85. The Labute approximate surface area is 94.2 Å². The minimum Gasteiger partial charge on any atom is -0.381 e. The molecule has 0 unspecified atom stereocenters. The molecule has 0 saturated carbocycles. The van der Waals surface area contributed by atoms with Gasteiger partial charge in [-0.1, -0.05) is 0 Å². The van der Waals surface area contributed by atoms with Crippen LogP contribution < -0.4 is 10.9 Å². The molecule has 0 aliphatic carbocycles. The van der Waals surface area contributed by atoms with Crippen molar-refractivity contribution >= 4 is 0 Å². The Morgan fingerprint density at radius 1 is 1.50 bits per heavy atom. The van der Waals surface area contributed by atoms with Gasteiger partial charge in [-0.3, -0.25) is 4.79 Å². The molecule has 0 amide bonds. The van der Waals surface area contributed by atoms with E-state index in [2.05, 4.69) is 15.3 Å². The number of aromatic amines is 1. The maximum absolute atomic E-state index is 11.8. The quantitative estimate of drug-likeness (QED) is 0.705. The topological polar surface area (TPSA) is 67.0 Å². The summed E-state index contributed by atoms with van der Waals surface area (Å²) in [6, 6.07) is 0. The summed E-state index contributed by atoms with van der Waals surface area (Å²) < 4.78 is 5.24. The first-order chi connectivity index (χ1) is 7.81. The van der Waals surface area contributed by atoms with E-state index < -0.39 is 0 Å². The summed E-state index contributed by atoms with van der Waals surface area (Å²) in [4.78, 5) is 19.0. The smallest absolute Gasteiger partial charge is 0.254 e. The molecule has 0 fully saturated rings. The first kappa shape index (κ1) is 11.3. The molecule has 0 saturated heterocycles. The molecule has 16 heavy (non-hydrogen) atoms. The Bertz CT molecular complexity index is 414. The molecule has 5 nitrogen and oxygen atoms in total. The number of ether oxygens (including phenoxy) is 1. The Balaban J connectivity index is 2.15. The number of nitrogens with zero attached hydrogens (tertiary/aromatic N) is 1. The zero-order valence-electron chi connectivity index (χ0n) is 9.51. The van der Waals surface area contributed by atoms with Crippen molar-refractivity contribution in [2.75, 3.05) is 19.8 Å². The third kappa shape index (κ3) is 2.48. The van der Waals surface area contributed by atoms with Gasteiger partial charge in [0.05, 0.1) is 12.3 Å². The number of fused-ring (bicyclic) bond motifs is 1. The van der Waals surface area contributed by atoms with E-state index in [1.54, 1.807) is 0 Å². The second-order valence-electron chi connectivity index (χ2n) is 3.81. The SMILES string of the molecule is CCOCCc1nc2c(c(=O)[nH]1)CCNC2. The zero-order chi connectivity index (χ0) is 11.4. The summed E-state index contributed by atoms with van der Waals surface area (Å²) in [5.41, 5.74) is 1.73. The Kier molecular flexibility index (Phi) is 3.69. The number of H-pyrrole nitrogens is 1. The van der Waals surface area contributed by atoms with Gasteiger partial charge in [0.1, 0.15) is 5.82 Å². The second kappa shape index (κ2) is 5.23. The lowest BCUT2D eigenvalue weighted by Crippen LogP contribution is -2.32. The third-order valence-corrected chi connectivity index (χ3v) is 2.68. The van der Waals surface area contributed by atoms with E-state index in [9.17, 15) is 4.79 Å². The van der Waals surface area contributed by atoms with Gasteiger partial charge in [-0.2, -0.15) is 0 Å². The summed E-state index contributed by atoms with van der Waals surface area (Å²) in [5.74, 6) is 0.723. The number of nitrogens with one attached hydrogen (secondary N) is 2. The molecule has 1 aromatic rings. The number of rotatable bonds is 4. The summed E-state index contributed by atoms with van der Waals surface area (Å²) in [5, 5.41) is 3.22. The standard InChI is InChI=1S/C11H17N3O2/c1-2-16-6-4-10-13-9-7-12-5-3-8(9)11(15)14-10/h12H,2-7H2,1H3,(H,13,14,15). The van der Waals surface area contributed by atoms with Gasteiger partial charge >= 0.3 is 0 Å². The molecule has 2 N–H and O–H groups in total. The van der Waals surface area contributed by atoms with Gasteiger partial charge in [-0.25, -0.2) is 4.98 Å². The molecular formula is C11H17N3O2. The first-order valence-electron chi connectivity index (χ1n) is 5.70. The Morgan fingerprint density at radius 2 is 2.38 bits per heavy atom. The summed E-state index contributed by atoms with van der Waals surface area (Å²) in [6.45, 7) is 4.80. The van der Waals surface area contributed by atoms with E-state index in [0.717, 1.165) is 30.0 Å². The molecular weight excluding hydrogens is 206 g/mol. The summed E-state index contributed by atoms with van der Waals surface area (Å²) >= 11 is 0. The highest BCUT2D eigenvalue weighted by Gasteiger charge is 2.14. The van der Waals surface area contributed by atoms with Gasteiger partial charge in [0.15, 0.2) is 0 Å². The van der Waals surface area contributed by atoms with Gasteiger partial charge < -0.3 is 15.0 Å².